The van der Waals surface area contributed by atoms with Gasteiger partial charge in [0, 0.05) is 11.7 Å². The van der Waals surface area contributed by atoms with Crippen molar-refractivity contribution in [2.75, 3.05) is 0 Å². The molecule has 1 aromatic heterocycles. The maximum Gasteiger partial charge on any atom is 0.0489 e. The molecule has 1 N–H and O–H groups in total. The van der Waals surface area contributed by atoms with E-state index in [0.717, 1.165) is 5.92 Å². The van der Waals surface area contributed by atoms with Crippen molar-refractivity contribution < 1.29 is 0 Å². The van der Waals surface area contributed by atoms with Crippen LogP contribution in [0.4, 0.5) is 0 Å². The van der Waals surface area contributed by atoms with Crippen LogP contribution in [0.3, 0.4) is 0 Å². The van der Waals surface area contributed by atoms with Crippen LogP contribution in [0.25, 0.3) is 10.9 Å². The number of benzene rings is 1. The topological polar surface area (TPSA) is 15.8 Å². The van der Waals surface area contributed by atoms with Crippen molar-refractivity contribution in [3.63, 3.8) is 0 Å². The van der Waals surface area contributed by atoms with Crippen molar-refractivity contribution in [2.45, 2.75) is 38.0 Å². The number of rotatable bonds is 1. The molecule has 0 unspecified atom stereocenters. The van der Waals surface area contributed by atoms with Crippen LogP contribution in [-0.2, 0) is 0 Å². The number of hydrogen-bond acceptors (Lipinski definition) is 0. The second-order valence-corrected chi connectivity index (χ2v) is 4.62. The van der Waals surface area contributed by atoms with Crippen LogP contribution in [0.5, 0.6) is 0 Å². The average Bonchev–Trinajstić information content (AvgIpc) is 2.78. The van der Waals surface area contributed by atoms with E-state index in [1.54, 1.807) is 0 Å². The van der Waals surface area contributed by atoms with E-state index < -0.39 is 0 Å². The fourth-order valence-electron chi connectivity index (χ4n) is 2.86. The monoisotopic (exact) mass is 199 g/mol. The van der Waals surface area contributed by atoms with E-state index in [2.05, 4.69) is 35.4 Å². The molecule has 0 spiro atoms. The Bertz CT molecular complexity index is 449. The Morgan fingerprint density at radius 1 is 1.00 bits per heavy atom. The summed E-state index contributed by atoms with van der Waals surface area (Å²) >= 11 is 0. The lowest BCUT2D eigenvalue weighted by Crippen LogP contribution is -2.04. The van der Waals surface area contributed by atoms with Crippen LogP contribution < -0.4 is 0 Å². The van der Waals surface area contributed by atoms with Crippen LogP contribution in [0.1, 0.15) is 43.6 Å². The number of aromatic nitrogens is 1. The molecule has 0 atom stereocenters. The van der Waals surface area contributed by atoms with Crippen LogP contribution in [-0.4, -0.2) is 4.98 Å². The summed E-state index contributed by atoms with van der Waals surface area (Å²) in [6, 6.07) is 8.86. The van der Waals surface area contributed by atoms with E-state index >= 15 is 0 Å². The van der Waals surface area contributed by atoms with E-state index in [1.807, 2.05) is 0 Å². The fourth-order valence-corrected chi connectivity index (χ4v) is 2.86. The second-order valence-electron chi connectivity index (χ2n) is 4.62. The molecule has 1 nitrogen and oxygen atoms in total. The largest absolute Gasteiger partial charge is 0.361 e. The van der Waals surface area contributed by atoms with Gasteiger partial charge in [-0.1, -0.05) is 37.5 Å². The first-order valence-electron chi connectivity index (χ1n) is 6.01. The van der Waals surface area contributed by atoms with E-state index in [9.17, 15) is 0 Å². The third-order valence-corrected chi connectivity index (χ3v) is 3.66. The Morgan fingerprint density at radius 3 is 2.73 bits per heavy atom. The highest BCUT2D eigenvalue weighted by molar-refractivity contribution is 5.83. The second kappa shape index (κ2) is 3.73. The predicted molar refractivity (Wildman–Crippen MR) is 64.1 cm³/mol. The standard InChI is InChI=1S/C14H17N/c1-2-5-11(6-3-1)13-8-4-7-12-9-10-15-14(12)13/h4,7-11,15H,1-3,5-6H2. The molecule has 1 aromatic carbocycles. The zero-order valence-electron chi connectivity index (χ0n) is 9.00. The van der Waals surface area contributed by atoms with Gasteiger partial charge in [0.05, 0.1) is 0 Å². The van der Waals surface area contributed by atoms with Gasteiger partial charge in [-0.2, -0.15) is 0 Å². The number of fused-ring (bicyclic) bond motifs is 1. The number of H-pyrrole nitrogens is 1. The predicted octanol–water partition coefficient (Wildman–Crippen LogP) is 4.22. The third-order valence-electron chi connectivity index (χ3n) is 3.66. The van der Waals surface area contributed by atoms with Gasteiger partial charge < -0.3 is 4.98 Å². The molecule has 1 heterocycles. The Hall–Kier alpha value is -1.24. The van der Waals surface area contributed by atoms with Gasteiger partial charge in [-0.05, 0) is 35.8 Å². The zero-order valence-corrected chi connectivity index (χ0v) is 9.00. The van der Waals surface area contributed by atoms with Crippen molar-refractivity contribution in [3.8, 4) is 0 Å². The summed E-state index contributed by atoms with van der Waals surface area (Å²) in [5, 5.41) is 1.36. The van der Waals surface area contributed by atoms with Crippen molar-refractivity contribution in [2.24, 2.45) is 0 Å². The Labute approximate surface area is 90.5 Å². The van der Waals surface area contributed by atoms with Crippen molar-refractivity contribution in [1.29, 1.82) is 0 Å². The molecule has 0 aliphatic heterocycles. The van der Waals surface area contributed by atoms with Gasteiger partial charge >= 0.3 is 0 Å². The molecular weight excluding hydrogens is 182 g/mol. The number of para-hydroxylation sites is 1. The smallest absolute Gasteiger partial charge is 0.0489 e. The van der Waals surface area contributed by atoms with E-state index in [4.69, 9.17) is 0 Å². The first kappa shape index (κ1) is 9.02. The van der Waals surface area contributed by atoms with E-state index in [0.29, 0.717) is 0 Å². The summed E-state index contributed by atoms with van der Waals surface area (Å²) in [4.78, 5) is 3.39. The summed E-state index contributed by atoms with van der Waals surface area (Å²) in [6.45, 7) is 0. The van der Waals surface area contributed by atoms with Gasteiger partial charge in [-0.25, -0.2) is 0 Å². The van der Waals surface area contributed by atoms with E-state index in [1.165, 1.54) is 48.6 Å². The Balaban J connectivity index is 2.05. The molecular formula is C14H17N. The quantitative estimate of drug-likeness (QED) is 0.708. The Morgan fingerprint density at radius 2 is 1.87 bits per heavy atom. The van der Waals surface area contributed by atoms with Gasteiger partial charge in [-0.3, -0.25) is 0 Å². The molecule has 1 heteroatoms. The molecule has 0 saturated heterocycles. The van der Waals surface area contributed by atoms with Gasteiger partial charge in [0.2, 0.25) is 0 Å². The minimum absolute atomic E-state index is 0.793. The summed E-state index contributed by atoms with van der Waals surface area (Å²) in [7, 11) is 0. The first-order chi connectivity index (χ1) is 7.45. The molecule has 78 valence electrons. The first-order valence-corrected chi connectivity index (χ1v) is 6.01. The molecule has 3 rings (SSSR count). The highest BCUT2D eigenvalue weighted by atomic mass is 14.7. The molecule has 1 fully saturated rings. The minimum atomic E-state index is 0.793. The van der Waals surface area contributed by atoms with Crippen LogP contribution in [0.2, 0.25) is 0 Å². The molecule has 2 aromatic rings. The van der Waals surface area contributed by atoms with Crippen LogP contribution in [0, 0.1) is 0 Å². The molecule has 0 radical (unpaired) electrons. The molecule has 15 heavy (non-hydrogen) atoms. The zero-order chi connectivity index (χ0) is 10.1. The lowest BCUT2D eigenvalue weighted by molar-refractivity contribution is 0.445. The van der Waals surface area contributed by atoms with Gasteiger partial charge in [0.1, 0.15) is 0 Å². The van der Waals surface area contributed by atoms with Crippen molar-refractivity contribution >= 4 is 10.9 Å². The summed E-state index contributed by atoms with van der Waals surface area (Å²) in [5.41, 5.74) is 2.90. The van der Waals surface area contributed by atoms with Crippen LogP contribution >= 0.6 is 0 Å². The normalized spacial score (nSPS) is 18.4. The number of nitrogens with one attached hydrogen (secondary N) is 1. The summed E-state index contributed by atoms with van der Waals surface area (Å²) < 4.78 is 0. The highest BCUT2D eigenvalue weighted by Crippen LogP contribution is 2.35. The minimum Gasteiger partial charge on any atom is -0.361 e. The highest BCUT2D eigenvalue weighted by Gasteiger charge is 2.17. The third kappa shape index (κ3) is 1.56. The van der Waals surface area contributed by atoms with Gasteiger partial charge in [0.25, 0.3) is 0 Å². The molecule has 1 aliphatic rings. The van der Waals surface area contributed by atoms with Gasteiger partial charge in [0.15, 0.2) is 0 Å². The molecule has 0 amide bonds. The van der Waals surface area contributed by atoms with Crippen molar-refractivity contribution in [3.05, 3.63) is 36.0 Å². The molecule has 1 saturated carbocycles. The molecule has 1 aliphatic carbocycles. The van der Waals surface area contributed by atoms with Gasteiger partial charge in [-0.15, -0.1) is 0 Å². The maximum atomic E-state index is 3.39. The summed E-state index contributed by atoms with van der Waals surface area (Å²) in [5.74, 6) is 0.793. The Kier molecular flexibility index (Phi) is 2.24. The lowest BCUT2D eigenvalue weighted by Gasteiger charge is -2.22. The average molecular weight is 199 g/mol. The summed E-state index contributed by atoms with van der Waals surface area (Å²) in [6.07, 6.45) is 9.04. The van der Waals surface area contributed by atoms with Crippen LogP contribution in [0.15, 0.2) is 30.5 Å². The lowest BCUT2D eigenvalue weighted by atomic mass is 9.83. The maximum absolute atomic E-state index is 3.39. The number of hydrogen-bond donors (Lipinski definition) is 1. The van der Waals surface area contributed by atoms with E-state index in [-0.39, 0.29) is 0 Å². The van der Waals surface area contributed by atoms with Crippen molar-refractivity contribution in [1.82, 2.24) is 4.98 Å². The molecule has 0 bridgehead atoms. The number of aromatic amines is 1. The fraction of sp³-hybridized carbons (Fsp3) is 0.429. The SMILES string of the molecule is c1cc(C2CCCCC2)c2[nH]ccc2c1.